The third kappa shape index (κ3) is 5.32. The van der Waals surface area contributed by atoms with Crippen LogP contribution >= 0.6 is 0 Å². The third-order valence-corrected chi connectivity index (χ3v) is 5.07. The standard InChI is InChI=1S/C16H21FN2O2.C2HF3O2/c17-12-2-1-7-18-16(12)21-14-6-5-13-15(14)20-9-8-19(13)10-11-3-4-11;3-2(4,5)1(6)7/h1-2,7,11,13-15H,3-6,8-10H2;(H,6,7)/t13-,14+,15+;/m0./s1. The zero-order chi connectivity index (χ0) is 20.3. The van der Waals surface area contributed by atoms with Gasteiger partial charge in [-0.1, -0.05) is 0 Å². The third-order valence-electron chi connectivity index (χ3n) is 5.07. The van der Waals surface area contributed by atoms with E-state index in [9.17, 15) is 17.6 Å². The van der Waals surface area contributed by atoms with E-state index < -0.39 is 18.0 Å². The predicted molar refractivity (Wildman–Crippen MR) is 89.4 cm³/mol. The van der Waals surface area contributed by atoms with Crippen molar-refractivity contribution < 1.29 is 36.9 Å². The summed E-state index contributed by atoms with van der Waals surface area (Å²) in [6.07, 6.45) is 1.16. The number of aromatic nitrogens is 1. The Bertz CT molecular complexity index is 684. The van der Waals surface area contributed by atoms with Crippen molar-refractivity contribution >= 4 is 5.97 Å². The Morgan fingerprint density at radius 3 is 2.64 bits per heavy atom. The average Bonchev–Trinajstić information content (AvgIpc) is 3.36. The van der Waals surface area contributed by atoms with Crippen LogP contribution in [0.2, 0.25) is 0 Å². The van der Waals surface area contributed by atoms with Gasteiger partial charge in [0, 0.05) is 25.3 Å². The van der Waals surface area contributed by atoms with Crippen LogP contribution in [0.3, 0.4) is 0 Å². The number of rotatable bonds is 4. The summed E-state index contributed by atoms with van der Waals surface area (Å²) in [4.78, 5) is 15.4. The van der Waals surface area contributed by atoms with Gasteiger partial charge in [0.2, 0.25) is 0 Å². The first kappa shape index (κ1) is 20.8. The zero-order valence-electron chi connectivity index (χ0n) is 15.1. The number of carboxylic acids is 1. The molecule has 1 saturated heterocycles. The molecule has 2 heterocycles. The largest absolute Gasteiger partial charge is 0.490 e. The van der Waals surface area contributed by atoms with E-state index in [0.29, 0.717) is 6.04 Å². The quantitative estimate of drug-likeness (QED) is 0.776. The summed E-state index contributed by atoms with van der Waals surface area (Å²) in [5.41, 5.74) is 0. The molecule has 10 heteroatoms. The second-order valence-corrected chi connectivity index (χ2v) is 7.17. The van der Waals surface area contributed by atoms with E-state index in [2.05, 4.69) is 9.88 Å². The normalized spacial score (nSPS) is 27.5. The van der Waals surface area contributed by atoms with Crippen molar-refractivity contribution in [1.82, 2.24) is 9.88 Å². The van der Waals surface area contributed by atoms with E-state index in [1.807, 2.05) is 0 Å². The summed E-state index contributed by atoms with van der Waals surface area (Å²) in [5, 5.41) is 7.12. The van der Waals surface area contributed by atoms with E-state index in [1.165, 1.54) is 25.5 Å². The summed E-state index contributed by atoms with van der Waals surface area (Å²) >= 11 is 0. The number of nitrogens with zero attached hydrogens (tertiary/aromatic N) is 2. The van der Waals surface area contributed by atoms with Gasteiger partial charge in [-0.05, 0) is 43.7 Å². The van der Waals surface area contributed by atoms with Crippen molar-refractivity contribution in [2.24, 2.45) is 5.92 Å². The van der Waals surface area contributed by atoms with Gasteiger partial charge in [0.25, 0.3) is 5.88 Å². The van der Waals surface area contributed by atoms with Gasteiger partial charge in [-0.15, -0.1) is 0 Å². The molecule has 6 nitrogen and oxygen atoms in total. The SMILES string of the molecule is Fc1cccnc1O[C@@H]1CC[C@H]2[C@H]1OCCN2CC1CC1.O=C(O)C(F)(F)F. The second-order valence-electron chi connectivity index (χ2n) is 7.17. The molecular weight excluding hydrogens is 384 g/mol. The number of pyridine rings is 1. The molecule has 0 bridgehead atoms. The lowest BCUT2D eigenvalue weighted by Gasteiger charge is -2.39. The van der Waals surface area contributed by atoms with Crippen LogP contribution in [0.4, 0.5) is 17.6 Å². The number of hydrogen-bond donors (Lipinski definition) is 1. The first-order valence-corrected chi connectivity index (χ1v) is 9.18. The van der Waals surface area contributed by atoms with Gasteiger partial charge in [0.05, 0.1) is 6.61 Å². The van der Waals surface area contributed by atoms with E-state index in [0.717, 1.165) is 31.9 Å². The fourth-order valence-electron chi connectivity index (χ4n) is 3.58. The maximum atomic E-state index is 13.7. The minimum absolute atomic E-state index is 0.0545. The van der Waals surface area contributed by atoms with Gasteiger partial charge >= 0.3 is 12.1 Å². The van der Waals surface area contributed by atoms with Gasteiger partial charge in [-0.3, -0.25) is 4.90 Å². The van der Waals surface area contributed by atoms with Crippen molar-refractivity contribution in [3.63, 3.8) is 0 Å². The van der Waals surface area contributed by atoms with Crippen molar-refractivity contribution in [1.29, 1.82) is 0 Å². The maximum Gasteiger partial charge on any atom is 0.490 e. The Kier molecular flexibility index (Phi) is 6.39. The predicted octanol–water partition coefficient (Wildman–Crippen LogP) is 2.87. The lowest BCUT2D eigenvalue weighted by molar-refractivity contribution is -0.192. The van der Waals surface area contributed by atoms with Crippen molar-refractivity contribution in [2.45, 2.75) is 50.1 Å². The molecule has 0 unspecified atom stereocenters. The molecule has 3 atom stereocenters. The number of aliphatic carboxylic acids is 1. The van der Waals surface area contributed by atoms with Crippen LogP contribution in [-0.2, 0) is 9.53 Å². The number of fused-ring (bicyclic) bond motifs is 1. The molecule has 1 N–H and O–H groups in total. The topological polar surface area (TPSA) is 71.9 Å². The molecule has 4 rings (SSSR count). The van der Waals surface area contributed by atoms with Gasteiger partial charge in [-0.2, -0.15) is 13.2 Å². The van der Waals surface area contributed by atoms with Gasteiger partial charge < -0.3 is 14.6 Å². The number of morpholine rings is 1. The number of ether oxygens (including phenoxy) is 2. The number of carboxylic acid groups (broad SMARTS) is 1. The van der Waals surface area contributed by atoms with Gasteiger partial charge in [0.15, 0.2) is 5.82 Å². The van der Waals surface area contributed by atoms with Crippen LogP contribution < -0.4 is 4.74 Å². The Balaban J connectivity index is 0.000000279. The van der Waals surface area contributed by atoms with Crippen LogP contribution in [0, 0.1) is 11.7 Å². The number of halogens is 4. The first-order valence-electron chi connectivity index (χ1n) is 9.18. The molecular formula is C18H22F4N2O4. The van der Waals surface area contributed by atoms with Crippen LogP contribution in [0.25, 0.3) is 0 Å². The van der Waals surface area contributed by atoms with Crippen molar-refractivity contribution in [3.05, 3.63) is 24.1 Å². The maximum absolute atomic E-state index is 13.7. The summed E-state index contributed by atoms with van der Waals surface area (Å²) < 4.78 is 57.2. The summed E-state index contributed by atoms with van der Waals surface area (Å²) in [6.45, 7) is 2.95. The molecule has 1 aromatic rings. The average molecular weight is 406 g/mol. The first-order chi connectivity index (χ1) is 13.3. The molecule has 2 aliphatic carbocycles. The van der Waals surface area contributed by atoms with Crippen LogP contribution in [0.5, 0.6) is 5.88 Å². The van der Waals surface area contributed by atoms with Gasteiger partial charge in [-0.25, -0.2) is 14.2 Å². The fraction of sp³-hybridized carbons (Fsp3) is 0.667. The second kappa shape index (κ2) is 8.60. The zero-order valence-corrected chi connectivity index (χ0v) is 15.1. The molecule has 0 radical (unpaired) electrons. The Morgan fingerprint density at radius 2 is 2.04 bits per heavy atom. The molecule has 3 aliphatic rings. The van der Waals surface area contributed by atoms with E-state index in [1.54, 1.807) is 12.3 Å². The molecule has 156 valence electrons. The Hall–Kier alpha value is -1.94. The highest BCUT2D eigenvalue weighted by molar-refractivity contribution is 5.73. The summed E-state index contributed by atoms with van der Waals surface area (Å²) in [6, 6.07) is 3.39. The van der Waals surface area contributed by atoms with Crippen molar-refractivity contribution in [2.75, 3.05) is 19.7 Å². The van der Waals surface area contributed by atoms with Gasteiger partial charge in [0.1, 0.15) is 12.2 Å². The molecule has 1 aromatic heterocycles. The molecule has 0 spiro atoms. The molecule has 2 saturated carbocycles. The molecule has 0 aromatic carbocycles. The Morgan fingerprint density at radius 1 is 1.32 bits per heavy atom. The number of alkyl halides is 3. The van der Waals surface area contributed by atoms with E-state index in [-0.39, 0.29) is 18.1 Å². The van der Waals surface area contributed by atoms with E-state index in [4.69, 9.17) is 19.4 Å². The molecule has 3 fully saturated rings. The fourth-order valence-corrected chi connectivity index (χ4v) is 3.58. The summed E-state index contributed by atoms with van der Waals surface area (Å²) in [5.74, 6) is -2.16. The Labute approximate surface area is 159 Å². The minimum Gasteiger partial charge on any atom is -0.475 e. The minimum atomic E-state index is -5.08. The monoisotopic (exact) mass is 406 g/mol. The number of hydrogen-bond acceptors (Lipinski definition) is 5. The van der Waals surface area contributed by atoms with Crippen molar-refractivity contribution in [3.8, 4) is 5.88 Å². The lowest BCUT2D eigenvalue weighted by atomic mass is 10.1. The highest BCUT2D eigenvalue weighted by atomic mass is 19.4. The summed E-state index contributed by atoms with van der Waals surface area (Å²) in [7, 11) is 0. The lowest BCUT2D eigenvalue weighted by Crippen LogP contribution is -2.52. The number of carbonyl (C=O) groups is 1. The molecule has 28 heavy (non-hydrogen) atoms. The van der Waals surface area contributed by atoms with Crippen LogP contribution in [0.15, 0.2) is 18.3 Å². The van der Waals surface area contributed by atoms with Crippen LogP contribution in [-0.4, -0.2) is 65.1 Å². The van der Waals surface area contributed by atoms with E-state index >= 15 is 0 Å². The molecule has 1 aliphatic heterocycles. The molecule has 0 amide bonds. The van der Waals surface area contributed by atoms with Crippen LogP contribution in [0.1, 0.15) is 25.7 Å². The smallest absolute Gasteiger partial charge is 0.475 e. The highest BCUT2D eigenvalue weighted by Crippen LogP contribution is 2.36. The highest BCUT2D eigenvalue weighted by Gasteiger charge is 2.45.